The van der Waals surface area contributed by atoms with E-state index in [-0.39, 0.29) is 0 Å². The molecule has 2 rings (SSSR count). The molecule has 15 heavy (non-hydrogen) atoms. The standard InChI is InChI=1S/C11H18N4/c1-9-5-13-11(14-6-9)15(2)8-10-3-4-12-7-10/h5-6,10,12H,3-4,7-8H2,1-2H3. The van der Waals surface area contributed by atoms with Gasteiger partial charge in [0.15, 0.2) is 0 Å². The molecule has 1 aromatic rings. The van der Waals surface area contributed by atoms with Crippen molar-refractivity contribution >= 4 is 5.95 Å². The summed E-state index contributed by atoms with van der Waals surface area (Å²) in [5, 5.41) is 3.37. The van der Waals surface area contributed by atoms with Gasteiger partial charge in [0.25, 0.3) is 0 Å². The zero-order valence-corrected chi connectivity index (χ0v) is 9.40. The summed E-state index contributed by atoms with van der Waals surface area (Å²) in [5.74, 6) is 1.56. The molecule has 1 N–H and O–H groups in total. The molecule has 1 saturated heterocycles. The second-order valence-electron chi connectivity index (χ2n) is 4.30. The number of rotatable bonds is 3. The van der Waals surface area contributed by atoms with Crippen molar-refractivity contribution in [3.63, 3.8) is 0 Å². The molecule has 0 aromatic carbocycles. The average molecular weight is 206 g/mol. The highest BCUT2D eigenvalue weighted by molar-refractivity contribution is 5.28. The second-order valence-corrected chi connectivity index (χ2v) is 4.30. The van der Waals surface area contributed by atoms with Crippen molar-refractivity contribution in [2.75, 3.05) is 31.6 Å². The van der Waals surface area contributed by atoms with Crippen molar-refractivity contribution in [2.45, 2.75) is 13.3 Å². The summed E-state index contributed by atoms with van der Waals surface area (Å²) in [6.07, 6.45) is 4.99. The monoisotopic (exact) mass is 206 g/mol. The van der Waals surface area contributed by atoms with E-state index >= 15 is 0 Å². The van der Waals surface area contributed by atoms with Crippen molar-refractivity contribution in [3.8, 4) is 0 Å². The van der Waals surface area contributed by atoms with Gasteiger partial charge in [0.05, 0.1) is 0 Å². The molecule has 1 aromatic heterocycles. The smallest absolute Gasteiger partial charge is 0.225 e. The van der Waals surface area contributed by atoms with Gasteiger partial charge >= 0.3 is 0 Å². The van der Waals surface area contributed by atoms with Crippen molar-refractivity contribution in [3.05, 3.63) is 18.0 Å². The van der Waals surface area contributed by atoms with E-state index in [2.05, 4.69) is 27.2 Å². The lowest BCUT2D eigenvalue weighted by molar-refractivity contribution is 0.572. The summed E-state index contributed by atoms with van der Waals surface area (Å²) in [5.41, 5.74) is 1.11. The van der Waals surface area contributed by atoms with E-state index in [1.54, 1.807) is 0 Å². The van der Waals surface area contributed by atoms with Crippen LogP contribution in [0.15, 0.2) is 12.4 Å². The first kappa shape index (κ1) is 10.4. The summed E-state index contributed by atoms with van der Waals surface area (Å²) in [6, 6.07) is 0. The van der Waals surface area contributed by atoms with Gasteiger partial charge in [-0.1, -0.05) is 0 Å². The molecule has 1 fully saturated rings. The lowest BCUT2D eigenvalue weighted by Crippen LogP contribution is -2.28. The molecule has 0 spiro atoms. The van der Waals surface area contributed by atoms with Gasteiger partial charge in [-0.05, 0) is 37.9 Å². The Bertz CT molecular complexity index is 303. The molecule has 0 aliphatic carbocycles. The van der Waals surface area contributed by atoms with Crippen molar-refractivity contribution in [2.24, 2.45) is 5.92 Å². The Hall–Kier alpha value is -1.16. The fourth-order valence-corrected chi connectivity index (χ4v) is 1.92. The molecule has 82 valence electrons. The summed E-state index contributed by atoms with van der Waals surface area (Å²) in [7, 11) is 2.06. The summed E-state index contributed by atoms with van der Waals surface area (Å²) < 4.78 is 0. The highest BCUT2D eigenvalue weighted by Gasteiger charge is 2.17. The minimum Gasteiger partial charge on any atom is -0.344 e. The van der Waals surface area contributed by atoms with Crippen molar-refractivity contribution in [1.82, 2.24) is 15.3 Å². The van der Waals surface area contributed by atoms with E-state index in [9.17, 15) is 0 Å². The predicted molar refractivity (Wildman–Crippen MR) is 61.0 cm³/mol. The first-order chi connectivity index (χ1) is 7.25. The van der Waals surface area contributed by atoms with Gasteiger partial charge in [-0.2, -0.15) is 0 Å². The topological polar surface area (TPSA) is 41.1 Å². The Morgan fingerprint density at radius 2 is 2.20 bits per heavy atom. The Kier molecular flexibility index (Phi) is 3.16. The van der Waals surface area contributed by atoms with Crippen molar-refractivity contribution in [1.29, 1.82) is 0 Å². The predicted octanol–water partition coefficient (Wildman–Crippen LogP) is 0.831. The molecule has 1 atom stereocenters. The lowest BCUT2D eigenvalue weighted by Gasteiger charge is -2.20. The normalized spacial score (nSPS) is 20.5. The van der Waals surface area contributed by atoms with Crippen LogP contribution in [0, 0.1) is 12.8 Å². The van der Waals surface area contributed by atoms with E-state index in [1.165, 1.54) is 6.42 Å². The van der Waals surface area contributed by atoms with Gasteiger partial charge in [0.2, 0.25) is 5.95 Å². The maximum atomic E-state index is 4.31. The van der Waals surface area contributed by atoms with Crippen LogP contribution in [0.5, 0.6) is 0 Å². The highest BCUT2D eigenvalue weighted by Crippen LogP contribution is 2.12. The SMILES string of the molecule is Cc1cnc(N(C)CC2CCNC2)nc1. The van der Waals surface area contributed by atoms with E-state index < -0.39 is 0 Å². The number of nitrogens with zero attached hydrogens (tertiary/aromatic N) is 3. The Labute approximate surface area is 90.7 Å². The number of anilines is 1. The molecule has 0 bridgehead atoms. The molecule has 2 heterocycles. The average Bonchev–Trinajstić information content (AvgIpc) is 2.71. The summed E-state index contributed by atoms with van der Waals surface area (Å²) >= 11 is 0. The third kappa shape index (κ3) is 2.65. The van der Waals surface area contributed by atoms with Crippen LogP contribution >= 0.6 is 0 Å². The van der Waals surface area contributed by atoms with Gasteiger partial charge in [0, 0.05) is 26.0 Å². The van der Waals surface area contributed by atoms with Gasteiger partial charge < -0.3 is 10.2 Å². The van der Waals surface area contributed by atoms with Crippen LogP contribution in [0.4, 0.5) is 5.95 Å². The van der Waals surface area contributed by atoms with Gasteiger partial charge in [0.1, 0.15) is 0 Å². The number of aromatic nitrogens is 2. The number of hydrogen-bond acceptors (Lipinski definition) is 4. The molecule has 0 saturated carbocycles. The van der Waals surface area contributed by atoms with Crippen LogP contribution in [0.25, 0.3) is 0 Å². The minimum atomic E-state index is 0.736. The molecule has 0 amide bonds. The number of hydrogen-bond donors (Lipinski definition) is 1. The first-order valence-corrected chi connectivity index (χ1v) is 5.46. The number of aryl methyl sites for hydroxylation is 1. The second kappa shape index (κ2) is 4.57. The molecule has 1 unspecified atom stereocenters. The fraction of sp³-hybridized carbons (Fsp3) is 0.636. The summed E-state index contributed by atoms with van der Waals surface area (Å²) in [4.78, 5) is 10.8. The van der Waals surface area contributed by atoms with Crippen LogP contribution in [0.3, 0.4) is 0 Å². The molecular weight excluding hydrogens is 188 g/mol. The Morgan fingerprint density at radius 3 is 2.80 bits per heavy atom. The van der Waals surface area contributed by atoms with Crippen LogP contribution < -0.4 is 10.2 Å². The molecule has 4 heteroatoms. The largest absolute Gasteiger partial charge is 0.344 e. The zero-order valence-electron chi connectivity index (χ0n) is 9.40. The maximum absolute atomic E-state index is 4.31. The van der Waals surface area contributed by atoms with Crippen LogP contribution in [0.2, 0.25) is 0 Å². The molecule has 4 nitrogen and oxygen atoms in total. The molecule has 0 radical (unpaired) electrons. The maximum Gasteiger partial charge on any atom is 0.225 e. The third-order valence-electron chi connectivity index (χ3n) is 2.80. The van der Waals surface area contributed by atoms with Crippen LogP contribution in [-0.4, -0.2) is 36.6 Å². The van der Waals surface area contributed by atoms with Crippen molar-refractivity contribution < 1.29 is 0 Å². The lowest BCUT2D eigenvalue weighted by atomic mass is 10.1. The van der Waals surface area contributed by atoms with Crippen LogP contribution in [-0.2, 0) is 0 Å². The minimum absolute atomic E-state index is 0.736. The van der Waals surface area contributed by atoms with E-state index in [1.807, 2.05) is 19.3 Å². The first-order valence-electron chi connectivity index (χ1n) is 5.46. The van der Waals surface area contributed by atoms with E-state index in [4.69, 9.17) is 0 Å². The van der Waals surface area contributed by atoms with E-state index in [0.29, 0.717) is 0 Å². The van der Waals surface area contributed by atoms with Gasteiger partial charge in [-0.3, -0.25) is 0 Å². The van der Waals surface area contributed by atoms with Gasteiger partial charge in [-0.25, -0.2) is 9.97 Å². The van der Waals surface area contributed by atoms with E-state index in [0.717, 1.165) is 37.1 Å². The molecule has 1 aliphatic heterocycles. The highest BCUT2D eigenvalue weighted by atomic mass is 15.2. The summed E-state index contributed by atoms with van der Waals surface area (Å²) in [6.45, 7) is 5.31. The quantitative estimate of drug-likeness (QED) is 0.795. The molecular formula is C11H18N4. The van der Waals surface area contributed by atoms with Gasteiger partial charge in [-0.15, -0.1) is 0 Å². The van der Waals surface area contributed by atoms with Crippen LogP contribution in [0.1, 0.15) is 12.0 Å². The Morgan fingerprint density at radius 1 is 1.47 bits per heavy atom. The number of nitrogens with one attached hydrogen (secondary N) is 1. The Balaban J connectivity index is 1.94. The zero-order chi connectivity index (χ0) is 10.7. The molecule has 1 aliphatic rings. The fourth-order valence-electron chi connectivity index (χ4n) is 1.92. The third-order valence-corrected chi connectivity index (χ3v) is 2.80.